The molecule has 0 atom stereocenters. The van der Waals surface area contributed by atoms with Gasteiger partial charge in [0.25, 0.3) is 5.19 Å². The van der Waals surface area contributed by atoms with Gasteiger partial charge >= 0.3 is 0 Å². The molecule has 0 saturated carbocycles. The minimum Gasteiger partial charge on any atom is -0.430 e. The molecule has 0 fully saturated rings. The molecule has 0 bridgehead atoms. The van der Waals surface area contributed by atoms with Crippen molar-refractivity contribution < 1.29 is 4.74 Å². The van der Waals surface area contributed by atoms with Gasteiger partial charge in [0, 0.05) is 18.0 Å². The van der Waals surface area contributed by atoms with E-state index >= 15 is 0 Å². The second-order valence-corrected chi connectivity index (χ2v) is 4.15. The molecule has 1 aromatic carbocycles. The lowest BCUT2D eigenvalue weighted by molar-refractivity contribution is 0.476. The Labute approximate surface area is 99.3 Å². The van der Waals surface area contributed by atoms with Crippen LogP contribution in [0.2, 0.25) is 0 Å². The van der Waals surface area contributed by atoms with E-state index < -0.39 is 0 Å². The van der Waals surface area contributed by atoms with Crippen LogP contribution < -0.4 is 4.74 Å². The molecule has 4 heteroatoms. The summed E-state index contributed by atoms with van der Waals surface area (Å²) in [6, 6.07) is 8.06. The van der Waals surface area contributed by atoms with Crippen LogP contribution in [0, 0.1) is 0 Å². The van der Waals surface area contributed by atoms with E-state index in [1.165, 1.54) is 17.1 Å². The van der Waals surface area contributed by atoms with Crippen molar-refractivity contribution >= 4 is 11.5 Å². The van der Waals surface area contributed by atoms with Gasteiger partial charge in [-0.25, -0.2) is 0 Å². The Morgan fingerprint density at radius 3 is 2.81 bits per heavy atom. The quantitative estimate of drug-likeness (QED) is 0.812. The van der Waals surface area contributed by atoms with E-state index in [0.717, 1.165) is 24.4 Å². The number of hydrogen-bond donors (Lipinski definition) is 0. The summed E-state index contributed by atoms with van der Waals surface area (Å²) in [6.45, 7) is 4.16. The molecule has 2 rings (SSSR count). The fourth-order valence-corrected chi connectivity index (χ4v) is 1.99. The summed E-state index contributed by atoms with van der Waals surface area (Å²) in [6.07, 6.45) is 1.85. The van der Waals surface area contributed by atoms with Crippen LogP contribution in [-0.2, 0) is 12.8 Å². The van der Waals surface area contributed by atoms with Gasteiger partial charge in [-0.1, -0.05) is 26.0 Å². The third-order valence-corrected chi connectivity index (χ3v) is 2.91. The van der Waals surface area contributed by atoms with Crippen molar-refractivity contribution in [3.05, 3.63) is 35.7 Å². The van der Waals surface area contributed by atoms with Gasteiger partial charge in [0.1, 0.15) is 11.6 Å². The number of benzene rings is 1. The summed E-state index contributed by atoms with van der Waals surface area (Å²) >= 11 is 1.30. The molecule has 0 saturated heterocycles. The number of rotatable bonds is 4. The van der Waals surface area contributed by atoms with Gasteiger partial charge in [-0.15, -0.1) is 0 Å². The third-order valence-electron chi connectivity index (χ3n) is 2.28. The molecule has 0 radical (unpaired) electrons. The van der Waals surface area contributed by atoms with E-state index in [0.29, 0.717) is 5.19 Å². The Morgan fingerprint density at radius 1 is 1.25 bits per heavy atom. The van der Waals surface area contributed by atoms with Crippen LogP contribution in [-0.4, -0.2) is 9.36 Å². The Hall–Kier alpha value is -1.42. The highest BCUT2D eigenvalue weighted by atomic mass is 32.1. The molecule has 0 aliphatic rings. The highest BCUT2D eigenvalue weighted by Gasteiger charge is 2.04. The van der Waals surface area contributed by atoms with Crippen molar-refractivity contribution in [3.63, 3.8) is 0 Å². The number of hydrogen-bond acceptors (Lipinski definition) is 4. The predicted molar refractivity (Wildman–Crippen MR) is 65.2 cm³/mol. The molecule has 1 aromatic heterocycles. The largest absolute Gasteiger partial charge is 0.430 e. The molecular weight excluding hydrogens is 220 g/mol. The lowest BCUT2D eigenvalue weighted by atomic mass is 10.2. The summed E-state index contributed by atoms with van der Waals surface area (Å²) < 4.78 is 9.83. The Kier molecular flexibility index (Phi) is 3.51. The second-order valence-electron chi connectivity index (χ2n) is 3.43. The van der Waals surface area contributed by atoms with Crippen molar-refractivity contribution in [2.45, 2.75) is 26.7 Å². The highest BCUT2D eigenvalue weighted by Crippen LogP contribution is 2.24. The molecule has 0 amide bonds. The molecule has 3 nitrogen and oxygen atoms in total. The van der Waals surface area contributed by atoms with E-state index in [1.54, 1.807) is 0 Å². The topological polar surface area (TPSA) is 35.0 Å². The molecule has 1 heterocycles. The SMILES string of the molecule is CCc1cccc(Oc2nc(CC)ns2)c1. The van der Waals surface area contributed by atoms with Gasteiger partial charge in [0.05, 0.1) is 0 Å². The maximum Gasteiger partial charge on any atom is 0.298 e. The maximum absolute atomic E-state index is 5.65. The molecule has 0 unspecified atom stereocenters. The third kappa shape index (κ3) is 2.58. The smallest absolute Gasteiger partial charge is 0.298 e. The Bertz CT molecular complexity index is 468. The van der Waals surface area contributed by atoms with Crippen LogP contribution in [0.25, 0.3) is 0 Å². The van der Waals surface area contributed by atoms with Crippen molar-refractivity contribution in [2.75, 3.05) is 0 Å². The lowest BCUT2D eigenvalue weighted by Gasteiger charge is -2.02. The maximum atomic E-state index is 5.65. The first kappa shape index (κ1) is 11.1. The van der Waals surface area contributed by atoms with Crippen LogP contribution >= 0.6 is 11.5 Å². The van der Waals surface area contributed by atoms with Gasteiger partial charge in [-0.2, -0.15) is 9.36 Å². The van der Waals surface area contributed by atoms with Crippen LogP contribution in [0.1, 0.15) is 25.2 Å². The van der Waals surface area contributed by atoms with Gasteiger partial charge in [-0.3, -0.25) is 0 Å². The second kappa shape index (κ2) is 5.07. The Balaban J connectivity index is 2.13. The minimum absolute atomic E-state index is 0.616. The zero-order valence-electron chi connectivity index (χ0n) is 9.43. The predicted octanol–water partition coefficient (Wildman–Crippen LogP) is 3.46. The van der Waals surface area contributed by atoms with Gasteiger partial charge in [-0.05, 0) is 24.1 Å². The number of aryl methyl sites for hydroxylation is 2. The summed E-state index contributed by atoms with van der Waals surface area (Å²) in [5.41, 5.74) is 1.26. The van der Waals surface area contributed by atoms with Crippen molar-refractivity contribution in [2.24, 2.45) is 0 Å². The van der Waals surface area contributed by atoms with Gasteiger partial charge in [0.2, 0.25) is 0 Å². The number of ether oxygens (including phenoxy) is 1. The number of aromatic nitrogens is 2. The average molecular weight is 234 g/mol. The first-order valence-corrected chi connectivity index (χ1v) is 6.18. The zero-order chi connectivity index (χ0) is 11.4. The molecule has 0 N–H and O–H groups in total. The van der Waals surface area contributed by atoms with Crippen LogP contribution in [0.5, 0.6) is 10.9 Å². The Morgan fingerprint density at radius 2 is 2.12 bits per heavy atom. The van der Waals surface area contributed by atoms with Crippen molar-refractivity contribution in [1.82, 2.24) is 9.36 Å². The zero-order valence-corrected chi connectivity index (χ0v) is 10.3. The number of nitrogens with zero attached hydrogens (tertiary/aromatic N) is 2. The summed E-state index contributed by atoms with van der Waals surface area (Å²) in [7, 11) is 0. The van der Waals surface area contributed by atoms with Crippen LogP contribution in [0.3, 0.4) is 0 Å². The molecule has 0 spiro atoms. The standard InChI is InChI=1S/C12H14N2OS/c1-3-9-6-5-7-10(8-9)15-12-13-11(4-2)14-16-12/h5-8H,3-4H2,1-2H3. The highest BCUT2D eigenvalue weighted by molar-refractivity contribution is 7.07. The van der Waals surface area contributed by atoms with Gasteiger partial charge < -0.3 is 4.74 Å². The fraction of sp³-hybridized carbons (Fsp3) is 0.333. The van der Waals surface area contributed by atoms with Crippen molar-refractivity contribution in [1.29, 1.82) is 0 Å². The normalized spacial score (nSPS) is 10.4. The summed E-state index contributed by atoms with van der Waals surface area (Å²) in [4.78, 5) is 4.26. The lowest BCUT2D eigenvalue weighted by Crippen LogP contribution is -1.87. The minimum atomic E-state index is 0.616. The van der Waals surface area contributed by atoms with E-state index in [9.17, 15) is 0 Å². The van der Waals surface area contributed by atoms with E-state index in [2.05, 4.69) is 22.3 Å². The molecule has 0 aliphatic carbocycles. The molecule has 84 valence electrons. The van der Waals surface area contributed by atoms with E-state index in [-0.39, 0.29) is 0 Å². The average Bonchev–Trinajstić information content (AvgIpc) is 2.77. The summed E-state index contributed by atoms with van der Waals surface area (Å²) in [5.74, 6) is 1.67. The van der Waals surface area contributed by atoms with Crippen molar-refractivity contribution in [3.8, 4) is 10.9 Å². The first-order valence-electron chi connectivity index (χ1n) is 5.41. The van der Waals surface area contributed by atoms with E-state index in [1.807, 2.05) is 25.1 Å². The fourth-order valence-electron chi connectivity index (χ4n) is 1.35. The monoisotopic (exact) mass is 234 g/mol. The molecular formula is C12H14N2OS. The summed E-state index contributed by atoms with van der Waals surface area (Å²) in [5, 5.41) is 0.616. The first-order chi connectivity index (χ1) is 7.81. The molecule has 2 aromatic rings. The van der Waals surface area contributed by atoms with E-state index in [4.69, 9.17) is 4.74 Å². The molecule has 0 aliphatic heterocycles. The molecule has 16 heavy (non-hydrogen) atoms. The van der Waals surface area contributed by atoms with Gasteiger partial charge in [0.15, 0.2) is 0 Å². The van der Waals surface area contributed by atoms with Crippen LogP contribution in [0.4, 0.5) is 0 Å². The van der Waals surface area contributed by atoms with Crippen LogP contribution in [0.15, 0.2) is 24.3 Å².